The van der Waals surface area contributed by atoms with E-state index in [0.717, 1.165) is 5.69 Å². The largest absolute Gasteiger partial charge is 0.382 e. The average Bonchev–Trinajstić information content (AvgIpc) is 2.30. The summed E-state index contributed by atoms with van der Waals surface area (Å²) in [6, 6.07) is 4.80. The highest BCUT2D eigenvalue weighted by atomic mass is 15.1. The van der Waals surface area contributed by atoms with Gasteiger partial charge in [-0.25, -0.2) is 0 Å². The van der Waals surface area contributed by atoms with Crippen molar-refractivity contribution >= 4 is 5.69 Å². The van der Waals surface area contributed by atoms with Crippen LogP contribution >= 0.6 is 0 Å². The van der Waals surface area contributed by atoms with Gasteiger partial charge in [0.05, 0.1) is 0 Å². The zero-order valence-corrected chi connectivity index (χ0v) is 10.2. The molecule has 0 spiro atoms. The number of piperidine rings is 1. The maximum atomic E-state index is 4.21. The Morgan fingerprint density at radius 2 is 2.19 bits per heavy atom. The highest BCUT2D eigenvalue weighted by Gasteiger charge is 2.17. The number of nitrogens with zero attached hydrogens (tertiary/aromatic N) is 2. The van der Waals surface area contributed by atoms with E-state index in [4.69, 9.17) is 0 Å². The molecule has 0 unspecified atom stereocenters. The van der Waals surface area contributed by atoms with Gasteiger partial charge in [0, 0.05) is 36.7 Å². The minimum Gasteiger partial charge on any atom is -0.382 e. The van der Waals surface area contributed by atoms with Gasteiger partial charge in [0.2, 0.25) is 0 Å². The molecule has 1 aromatic rings. The summed E-state index contributed by atoms with van der Waals surface area (Å²) in [5.41, 5.74) is 2.29. The molecule has 1 fully saturated rings. The topological polar surface area (TPSA) is 28.2 Å². The lowest BCUT2D eigenvalue weighted by molar-refractivity contribution is 0.229. The molecule has 2 rings (SSSR count). The summed E-state index contributed by atoms with van der Waals surface area (Å²) >= 11 is 0. The Bertz CT molecular complexity index is 330. The fourth-order valence-electron chi connectivity index (χ4n) is 2.26. The number of hydrogen-bond donors (Lipinski definition) is 1. The molecule has 3 nitrogen and oxygen atoms in total. The fraction of sp³-hybridized carbons (Fsp3) is 0.615. The van der Waals surface area contributed by atoms with E-state index in [2.05, 4.69) is 34.3 Å². The summed E-state index contributed by atoms with van der Waals surface area (Å²) in [5.74, 6) is 0. The van der Waals surface area contributed by atoms with Crippen molar-refractivity contribution in [3.8, 4) is 0 Å². The van der Waals surface area contributed by atoms with Gasteiger partial charge in [0.1, 0.15) is 0 Å². The molecule has 1 aliphatic heterocycles. The van der Waals surface area contributed by atoms with Crippen LogP contribution in [0.5, 0.6) is 0 Å². The van der Waals surface area contributed by atoms with E-state index in [1.807, 2.05) is 13.1 Å². The Hall–Kier alpha value is -1.09. The number of hydrogen-bond acceptors (Lipinski definition) is 3. The SMILES string of the molecule is CCN1CCC(Nc2ccnc(C)c2)CC1. The second-order valence-corrected chi connectivity index (χ2v) is 4.54. The van der Waals surface area contributed by atoms with Crippen LogP contribution < -0.4 is 5.32 Å². The molecule has 1 saturated heterocycles. The summed E-state index contributed by atoms with van der Waals surface area (Å²) in [5, 5.41) is 3.60. The van der Waals surface area contributed by atoms with Crippen molar-refractivity contribution in [3.63, 3.8) is 0 Å². The number of anilines is 1. The number of aryl methyl sites for hydroxylation is 1. The number of likely N-dealkylation sites (tertiary alicyclic amines) is 1. The lowest BCUT2D eigenvalue weighted by Crippen LogP contribution is -2.38. The van der Waals surface area contributed by atoms with Crippen LogP contribution in [0.1, 0.15) is 25.5 Å². The quantitative estimate of drug-likeness (QED) is 0.845. The number of pyridine rings is 1. The van der Waals surface area contributed by atoms with Gasteiger partial charge in [0.15, 0.2) is 0 Å². The first-order valence-corrected chi connectivity index (χ1v) is 6.19. The van der Waals surface area contributed by atoms with E-state index >= 15 is 0 Å². The first-order valence-electron chi connectivity index (χ1n) is 6.19. The third-order valence-electron chi connectivity index (χ3n) is 3.30. The standard InChI is InChI=1S/C13H21N3/c1-3-16-8-5-12(6-9-16)15-13-4-7-14-11(2)10-13/h4,7,10,12H,3,5-6,8-9H2,1-2H3,(H,14,15). The first-order chi connectivity index (χ1) is 7.78. The molecule has 16 heavy (non-hydrogen) atoms. The predicted octanol–water partition coefficient (Wildman–Crippen LogP) is 2.29. The highest BCUT2D eigenvalue weighted by Crippen LogP contribution is 2.16. The second-order valence-electron chi connectivity index (χ2n) is 4.54. The van der Waals surface area contributed by atoms with E-state index in [9.17, 15) is 0 Å². The smallest absolute Gasteiger partial charge is 0.0393 e. The van der Waals surface area contributed by atoms with E-state index in [1.54, 1.807) is 0 Å². The molecule has 1 N–H and O–H groups in total. The summed E-state index contributed by atoms with van der Waals surface area (Å²) in [7, 11) is 0. The van der Waals surface area contributed by atoms with Gasteiger partial charge in [-0.15, -0.1) is 0 Å². The molecule has 1 aliphatic rings. The van der Waals surface area contributed by atoms with Crippen LogP contribution in [0.4, 0.5) is 5.69 Å². The van der Waals surface area contributed by atoms with Crippen LogP contribution in [0.25, 0.3) is 0 Å². The molecule has 0 amide bonds. The molecule has 0 aliphatic carbocycles. The van der Waals surface area contributed by atoms with Crippen molar-refractivity contribution in [2.24, 2.45) is 0 Å². The van der Waals surface area contributed by atoms with Gasteiger partial charge in [-0.1, -0.05) is 6.92 Å². The molecule has 0 radical (unpaired) electrons. The van der Waals surface area contributed by atoms with Crippen LogP contribution in [0.15, 0.2) is 18.3 Å². The third kappa shape index (κ3) is 2.95. The maximum absolute atomic E-state index is 4.21. The van der Waals surface area contributed by atoms with Crippen LogP contribution in [0, 0.1) is 6.92 Å². The molecule has 88 valence electrons. The van der Waals surface area contributed by atoms with Crippen LogP contribution in [0.3, 0.4) is 0 Å². The van der Waals surface area contributed by atoms with Crippen LogP contribution in [-0.4, -0.2) is 35.6 Å². The molecule has 0 bridgehead atoms. The summed E-state index contributed by atoms with van der Waals surface area (Å²) in [6.45, 7) is 7.89. The summed E-state index contributed by atoms with van der Waals surface area (Å²) in [4.78, 5) is 6.72. The van der Waals surface area contributed by atoms with Gasteiger partial charge in [-0.2, -0.15) is 0 Å². The Balaban J connectivity index is 1.87. The minimum atomic E-state index is 0.629. The van der Waals surface area contributed by atoms with Crippen molar-refractivity contribution in [1.82, 2.24) is 9.88 Å². The zero-order chi connectivity index (χ0) is 11.4. The van der Waals surface area contributed by atoms with Crippen molar-refractivity contribution < 1.29 is 0 Å². The molecule has 2 heterocycles. The van der Waals surface area contributed by atoms with Gasteiger partial charge in [-0.05, 0) is 38.4 Å². The second kappa shape index (κ2) is 5.30. The van der Waals surface area contributed by atoms with E-state index in [0.29, 0.717) is 6.04 Å². The Morgan fingerprint density at radius 1 is 1.44 bits per heavy atom. The Kier molecular flexibility index (Phi) is 3.78. The number of rotatable bonds is 3. The lowest BCUT2D eigenvalue weighted by atomic mass is 10.0. The van der Waals surface area contributed by atoms with E-state index in [-0.39, 0.29) is 0 Å². The average molecular weight is 219 g/mol. The van der Waals surface area contributed by atoms with Gasteiger partial charge >= 0.3 is 0 Å². The van der Waals surface area contributed by atoms with Crippen molar-refractivity contribution in [2.75, 3.05) is 25.0 Å². The summed E-state index contributed by atoms with van der Waals surface area (Å²) in [6.07, 6.45) is 4.36. The maximum Gasteiger partial charge on any atom is 0.0393 e. The van der Waals surface area contributed by atoms with Crippen LogP contribution in [0.2, 0.25) is 0 Å². The molecule has 0 aromatic carbocycles. The Labute approximate surface area is 97.9 Å². The fourth-order valence-corrected chi connectivity index (χ4v) is 2.26. The number of aromatic nitrogens is 1. The monoisotopic (exact) mass is 219 g/mol. The zero-order valence-electron chi connectivity index (χ0n) is 10.2. The third-order valence-corrected chi connectivity index (χ3v) is 3.30. The van der Waals surface area contributed by atoms with E-state index in [1.165, 1.54) is 38.2 Å². The van der Waals surface area contributed by atoms with Gasteiger partial charge < -0.3 is 10.2 Å². The summed E-state index contributed by atoms with van der Waals surface area (Å²) < 4.78 is 0. The molecular formula is C13H21N3. The highest BCUT2D eigenvalue weighted by molar-refractivity contribution is 5.43. The first kappa shape index (κ1) is 11.4. The van der Waals surface area contributed by atoms with Crippen LogP contribution in [-0.2, 0) is 0 Å². The van der Waals surface area contributed by atoms with Crippen molar-refractivity contribution in [3.05, 3.63) is 24.0 Å². The molecular weight excluding hydrogens is 198 g/mol. The molecule has 3 heteroatoms. The number of nitrogens with one attached hydrogen (secondary N) is 1. The minimum absolute atomic E-state index is 0.629. The van der Waals surface area contributed by atoms with Gasteiger partial charge in [0.25, 0.3) is 0 Å². The van der Waals surface area contributed by atoms with Gasteiger partial charge in [-0.3, -0.25) is 4.98 Å². The van der Waals surface area contributed by atoms with E-state index < -0.39 is 0 Å². The predicted molar refractivity (Wildman–Crippen MR) is 67.7 cm³/mol. The lowest BCUT2D eigenvalue weighted by Gasteiger charge is -2.32. The van der Waals surface area contributed by atoms with Crippen molar-refractivity contribution in [1.29, 1.82) is 0 Å². The molecule has 0 saturated carbocycles. The molecule has 0 atom stereocenters. The molecule has 1 aromatic heterocycles. The van der Waals surface area contributed by atoms with Crippen molar-refractivity contribution in [2.45, 2.75) is 32.7 Å². The normalized spacial score (nSPS) is 18.6. The Morgan fingerprint density at radius 3 is 2.81 bits per heavy atom.